The van der Waals surface area contributed by atoms with Crippen molar-refractivity contribution in [1.29, 1.82) is 5.26 Å². The van der Waals surface area contributed by atoms with Crippen molar-refractivity contribution in [1.82, 2.24) is 4.72 Å². The van der Waals surface area contributed by atoms with Crippen molar-refractivity contribution < 1.29 is 12.8 Å². The van der Waals surface area contributed by atoms with Crippen LogP contribution in [0.1, 0.15) is 25.3 Å². The Morgan fingerprint density at radius 2 is 2.11 bits per heavy atom. The fourth-order valence-corrected chi connectivity index (χ4v) is 3.33. The molecule has 4 nitrogen and oxygen atoms in total. The lowest BCUT2D eigenvalue weighted by molar-refractivity contribution is 0.270. The quantitative estimate of drug-likeness (QED) is 0.908. The van der Waals surface area contributed by atoms with E-state index in [1.807, 2.05) is 0 Å². The first-order valence-corrected chi connectivity index (χ1v) is 7.12. The van der Waals surface area contributed by atoms with E-state index in [0.29, 0.717) is 5.92 Å². The third-order valence-corrected chi connectivity index (χ3v) is 4.58. The molecule has 18 heavy (non-hydrogen) atoms. The van der Waals surface area contributed by atoms with E-state index in [1.165, 1.54) is 6.07 Å². The zero-order chi connectivity index (χ0) is 13.3. The molecule has 2 rings (SSSR count). The third kappa shape index (κ3) is 2.52. The van der Waals surface area contributed by atoms with Gasteiger partial charge in [-0.2, -0.15) is 5.26 Å². The molecule has 1 saturated carbocycles. The minimum absolute atomic E-state index is 0.0550. The fourth-order valence-electron chi connectivity index (χ4n) is 2.04. The average molecular weight is 268 g/mol. The Morgan fingerprint density at radius 3 is 2.67 bits per heavy atom. The molecule has 1 N–H and O–H groups in total. The molecule has 1 fully saturated rings. The van der Waals surface area contributed by atoms with Gasteiger partial charge in [-0.1, -0.05) is 6.92 Å². The van der Waals surface area contributed by atoms with Crippen molar-refractivity contribution >= 4 is 10.0 Å². The molecule has 0 saturated heterocycles. The summed E-state index contributed by atoms with van der Waals surface area (Å²) in [5, 5.41) is 8.68. The van der Waals surface area contributed by atoms with E-state index < -0.39 is 15.8 Å². The molecule has 0 spiro atoms. The van der Waals surface area contributed by atoms with E-state index in [4.69, 9.17) is 5.26 Å². The Balaban J connectivity index is 2.22. The monoisotopic (exact) mass is 268 g/mol. The second-order valence-electron chi connectivity index (χ2n) is 4.65. The number of nitriles is 1. The summed E-state index contributed by atoms with van der Waals surface area (Å²) in [6.45, 7) is 2.05. The highest BCUT2D eigenvalue weighted by atomic mass is 32.2. The van der Waals surface area contributed by atoms with Crippen molar-refractivity contribution in [3.63, 3.8) is 0 Å². The van der Waals surface area contributed by atoms with E-state index >= 15 is 0 Å². The molecule has 0 bridgehead atoms. The molecule has 1 aliphatic rings. The van der Waals surface area contributed by atoms with Crippen LogP contribution in [0.3, 0.4) is 0 Å². The topological polar surface area (TPSA) is 70.0 Å². The van der Waals surface area contributed by atoms with Gasteiger partial charge in [0.25, 0.3) is 0 Å². The second kappa shape index (κ2) is 4.67. The van der Waals surface area contributed by atoms with Crippen molar-refractivity contribution in [2.24, 2.45) is 5.92 Å². The summed E-state index contributed by atoms with van der Waals surface area (Å²) in [6.07, 6.45) is 1.62. The molecule has 0 unspecified atom stereocenters. The lowest BCUT2D eigenvalue weighted by Crippen LogP contribution is -2.43. The number of rotatable bonds is 3. The maximum atomic E-state index is 13.1. The first-order valence-electron chi connectivity index (χ1n) is 5.64. The van der Waals surface area contributed by atoms with Crippen LogP contribution in [0.2, 0.25) is 0 Å². The highest BCUT2D eigenvalue weighted by Gasteiger charge is 2.30. The van der Waals surface area contributed by atoms with Gasteiger partial charge in [0.2, 0.25) is 10.0 Å². The molecule has 0 atom stereocenters. The predicted molar refractivity (Wildman–Crippen MR) is 63.6 cm³/mol. The summed E-state index contributed by atoms with van der Waals surface area (Å²) in [4.78, 5) is -0.0694. The Labute approximate surface area is 105 Å². The van der Waals surface area contributed by atoms with E-state index in [-0.39, 0.29) is 16.5 Å². The molecule has 0 aromatic heterocycles. The van der Waals surface area contributed by atoms with Gasteiger partial charge in [0.05, 0.1) is 10.5 Å². The van der Waals surface area contributed by atoms with Crippen molar-refractivity contribution in [2.45, 2.75) is 30.7 Å². The number of nitrogens with one attached hydrogen (secondary N) is 1. The van der Waals surface area contributed by atoms with Crippen LogP contribution in [0.5, 0.6) is 0 Å². The summed E-state index contributed by atoms with van der Waals surface area (Å²) in [7, 11) is -3.66. The van der Waals surface area contributed by atoms with E-state index in [0.717, 1.165) is 25.0 Å². The average Bonchev–Trinajstić information content (AvgIpc) is 2.27. The Morgan fingerprint density at radius 1 is 1.44 bits per heavy atom. The van der Waals surface area contributed by atoms with Crippen molar-refractivity contribution in [3.05, 3.63) is 29.6 Å². The molecule has 0 radical (unpaired) electrons. The summed E-state index contributed by atoms with van der Waals surface area (Å²) < 4.78 is 39.6. The number of benzene rings is 1. The highest BCUT2D eigenvalue weighted by molar-refractivity contribution is 7.89. The van der Waals surface area contributed by atoms with Gasteiger partial charge in [-0.05, 0) is 37.0 Å². The van der Waals surface area contributed by atoms with Crippen LogP contribution in [-0.4, -0.2) is 14.5 Å². The third-order valence-electron chi connectivity index (χ3n) is 3.06. The van der Waals surface area contributed by atoms with Gasteiger partial charge in [-0.3, -0.25) is 0 Å². The Kier molecular flexibility index (Phi) is 3.37. The van der Waals surface area contributed by atoms with Crippen LogP contribution in [0, 0.1) is 23.1 Å². The number of sulfonamides is 1. The molecule has 96 valence electrons. The number of nitrogens with zero attached hydrogens (tertiary/aromatic N) is 1. The van der Waals surface area contributed by atoms with Gasteiger partial charge in [0.15, 0.2) is 0 Å². The van der Waals surface area contributed by atoms with Gasteiger partial charge < -0.3 is 0 Å². The van der Waals surface area contributed by atoms with Gasteiger partial charge in [0.1, 0.15) is 11.9 Å². The van der Waals surface area contributed by atoms with Gasteiger partial charge >= 0.3 is 0 Å². The highest BCUT2D eigenvalue weighted by Crippen LogP contribution is 2.28. The van der Waals surface area contributed by atoms with E-state index in [2.05, 4.69) is 11.6 Å². The number of hydrogen-bond donors (Lipinski definition) is 1. The fraction of sp³-hybridized carbons (Fsp3) is 0.417. The van der Waals surface area contributed by atoms with E-state index in [9.17, 15) is 12.8 Å². The summed E-state index contributed by atoms with van der Waals surface area (Å²) in [6, 6.07) is 4.79. The largest absolute Gasteiger partial charge is 0.240 e. The molecule has 0 aliphatic heterocycles. The van der Waals surface area contributed by atoms with Crippen LogP contribution in [0.25, 0.3) is 0 Å². The van der Waals surface area contributed by atoms with Gasteiger partial charge in [-0.15, -0.1) is 0 Å². The summed E-state index contributed by atoms with van der Waals surface area (Å²) in [5.74, 6) is -0.186. The maximum Gasteiger partial charge on any atom is 0.240 e. The molecule has 1 aliphatic carbocycles. The lowest BCUT2D eigenvalue weighted by atomic mass is 9.83. The minimum Gasteiger partial charge on any atom is -0.208 e. The number of halogens is 1. The molecule has 1 aromatic carbocycles. The zero-order valence-electron chi connectivity index (χ0n) is 9.85. The van der Waals surface area contributed by atoms with Crippen LogP contribution in [0.15, 0.2) is 23.1 Å². The lowest BCUT2D eigenvalue weighted by Gasteiger charge is -2.32. The normalized spacial score (nSPS) is 23.2. The molecule has 1 aromatic rings. The van der Waals surface area contributed by atoms with Gasteiger partial charge in [-0.25, -0.2) is 17.5 Å². The van der Waals surface area contributed by atoms with E-state index in [1.54, 1.807) is 6.07 Å². The Bertz CT molecular complexity index is 601. The van der Waals surface area contributed by atoms with Crippen LogP contribution in [0.4, 0.5) is 4.39 Å². The summed E-state index contributed by atoms with van der Waals surface area (Å²) in [5.41, 5.74) is -0.264. The molecular formula is C12H13FN2O2S. The maximum absolute atomic E-state index is 13.1. The molecule has 0 heterocycles. The van der Waals surface area contributed by atoms with Crippen molar-refractivity contribution in [3.8, 4) is 6.07 Å². The molecular weight excluding hydrogens is 255 g/mol. The van der Waals surface area contributed by atoms with Gasteiger partial charge in [0, 0.05) is 6.04 Å². The first kappa shape index (κ1) is 13.0. The van der Waals surface area contributed by atoms with Crippen LogP contribution >= 0.6 is 0 Å². The standard InChI is InChI=1S/C12H13FN2O2S/c1-8-4-10(5-8)15-18(16,17)11-2-3-12(13)9(6-11)7-14/h2-3,6,8,10,15H,4-5H2,1H3. The zero-order valence-corrected chi connectivity index (χ0v) is 10.7. The second-order valence-corrected chi connectivity index (χ2v) is 6.36. The molecule has 0 amide bonds. The smallest absolute Gasteiger partial charge is 0.208 e. The number of hydrogen-bond acceptors (Lipinski definition) is 3. The Hall–Kier alpha value is -1.45. The van der Waals surface area contributed by atoms with Crippen LogP contribution < -0.4 is 4.72 Å². The van der Waals surface area contributed by atoms with Crippen LogP contribution in [-0.2, 0) is 10.0 Å². The summed E-state index contributed by atoms with van der Waals surface area (Å²) >= 11 is 0. The van der Waals surface area contributed by atoms with Crippen molar-refractivity contribution in [2.75, 3.05) is 0 Å². The minimum atomic E-state index is -3.66. The SMILES string of the molecule is CC1CC(NS(=O)(=O)c2ccc(F)c(C#N)c2)C1. The predicted octanol–water partition coefficient (Wildman–Crippen LogP) is 1.77. The molecule has 6 heteroatoms. The first-order chi connectivity index (χ1) is 8.42.